The number of rotatable bonds is 1. The zero-order valence-electron chi connectivity index (χ0n) is 5.45. The van der Waals surface area contributed by atoms with Crippen LogP contribution in [0.1, 0.15) is 5.56 Å². The van der Waals surface area contributed by atoms with E-state index < -0.39 is 0 Å². The maximum atomic E-state index is 9.03. The van der Waals surface area contributed by atoms with Gasteiger partial charge in [-0.1, -0.05) is 18.2 Å². The van der Waals surface area contributed by atoms with Gasteiger partial charge in [-0.3, -0.25) is 0 Å². The van der Waals surface area contributed by atoms with E-state index in [9.17, 15) is 0 Å². The summed E-state index contributed by atoms with van der Waals surface area (Å²) >= 11 is 0. The van der Waals surface area contributed by atoms with Crippen LogP contribution in [0.5, 0.6) is 5.75 Å². The van der Waals surface area contributed by atoms with Crippen molar-refractivity contribution in [2.75, 3.05) is 0 Å². The van der Waals surface area contributed by atoms with Gasteiger partial charge >= 0.3 is 0 Å². The summed E-state index contributed by atoms with van der Waals surface area (Å²) in [6, 6.07) is 7.05. The second kappa shape index (κ2) is 4.30. The molecular weight excluding hydrogens is 194 g/mol. The molecule has 0 atom stereocenters. The summed E-state index contributed by atoms with van der Waals surface area (Å²) in [5.41, 5.74) is 6.08. The van der Waals surface area contributed by atoms with Crippen LogP contribution in [-0.4, -0.2) is 5.11 Å². The number of hydrogen-bond donors (Lipinski definition) is 2. The van der Waals surface area contributed by atoms with Gasteiger partial charge < -0.3 is 10.8 Å². The molecule has 10 heavy (non-hydrogen) atoms. The summed E-state index contributed by atoms with van der Waals surface area (Å²) in [6.07, 6.45) is 0. The number of phenols is 1. The predicted octanol–water partition coefficient (Wildman–Crippen LogP) is 1.43. The number of halogens is 1. The fraction of sp³-hybridized carbons (Fsp3) is 0.143. The minimum atomic E-state index is 0. The molecule has 56 valence electrons. The lowest BCUT2D eigenvalue weighted by atomic mass is 10.2. The average molecular weight is 204 g/mol. The van der Waals surface area contributed by atoms with Crippen molar-refractivity contribution < 1.29 is 5.11 Å². The normalized spacial score (nSPS) is 8.50. The van der Waals surface area contributed by atoms with Gasteiger partial charge in [-0.05, 0) is 6.07 Å². The van der Waals surface area contributed by atoms with E-state index in [4.69, 9.17) is 10.8 Å². The van der Waals surface area contributed by atoms with Gasteiger partial charge in [-0.25, -0.2) is 0 Å². The lowest BCUT2D eigenvalue weighted by Gasteiger charge is -1.97. The summed E-state index contributed by atoms with van der Waals surface area (Å²) in [7, 11) is 0. The highest BCUT2D eigenvalue weighted by Gasteiger charge is 1.92. The van der Waals surface area contributed by atoms with E-state index in [2.05, 4.69) is 0 Å². The Bertz CT molecular complexity index is 203. The molecule has 3 N–H and O–H groups in total. The van der Waals surface area contributed by atoms with Gasteiger partial charge in [-0.15, -0.1) is 17.0 Å². The van der Waals surface area contributed by atoms with Crippen molar-refractivity contribution in [2.45, 2.75) is 6.54 Å². The van der Waals surface area contributed by atoms with Crippen molar-refractivity contribution in [1.29, 1.82) is 0 Å². The minimum Gasteiger partial charge on any atom is -0.508 e. The fourth-order valence-corrected chi connectivity index (χ4v) is 0.683. The van der Waals surface area contributed by atoms with Crippen LogP contribution >= 0.6 is 17.0 Å². The largest absolute Gasteiger partial charge is 0.508 e. The zero-order chi connectivity index (χ0) is 6.69. The third-order valence-electron chi connectivity index (χ3n) is 1.21. The zero-order valence-corrected chi connectivity index (χ0v) is 7.16. The lowest BCUT2D eigenvalue weighted by molar-refractivity contribution is 0.468. The second-order valence-corrected chi connectivity index (χ2v) is 1.83. The molecule has 1 aromatic rings. The smallest absolute Gasteiger partial charge is 0.120 e. The van der Waals surface area contributed by atoms with Crippen LogP contribution in [0.25, 0.3) is 0 Å². The summed E-state index contributed by atoms with van der Waals surface area (Å²) < 4.78 is 0. The highest BCUT2D eigenvalue weighted by molar-refractivity contribution is 8.93. The Hall–Kier alpha value is -0.540. The second-order valence-electron chi connectivity index (χ2n) is 1.83. The third-order valence-corrected chi connectivity index (χ3v) is 1.21. The van der Waals surface area contributed by atoms with Crippen molar-refractivity contribution in [2.24, 2.45) is 5.73 Å². The number of nitrogens with two attached hydrogens (primary N) is 1. The molecule has 0 aliphatic heterocycles. The Morgan fingerprint density at radius 3 is 2.30 bits per heavy atom. The number of para-hydroxylation sites is 1. The fourth-order valence-electron chi connectivity index (χ4n) is 0.683. The van der Waals surface area contributed by atoms with Crippen LogP contribution in [0.15, 0.2) is 24.3 Å². The Labute approximate surface area is 70.4 Å². The Morgan fingerprint density at radius 2 is 1.90 bits per heavy atom. The summed E-state index contributed by atoms with van der Waals surface area (Å²) in [5, 5.41) is 9.03. The first kappa shape index (κ1) is 9.46. The van der Waals surface area contributed by atoms with E-state index in [1.807, 2.05) is 6.07 Å². The Morgan fingerprint density at radius 1 is 1.30 bits per heavy atom. The summed E-state index contributed by atoms with van der Waals surface area (Å²) in [5.74, 6) is 0.278. The predicted molar refractivity (Wildman–Crippen MR) is 46.3 cm³/mol. The molecule has 1 aromatic carbocycles. The molecule has 0 aromatic heterocycles. The van der Waals surface area contributed by atoms with Crippen LogP contribution < -0.4 is 5.73 Å². The van der Waals surface area contributed by atoms with Crippen LogP contribution in [-0.2, 0) is 6.54 Å². The number of benzene rings is 1. The third kappa shape index (κ3) is 2.01. The van der Waals surface area contributed by atoms with Gasteiger partial charge in [0.25, 0.3) is 0 Å². The van der Waals surface area contributed by atoms with Crippen LogP contribution in [0.3, 0.4) is 0 Å². The molecule has 3 heteroatoms. The molecule has 0 radical (unpaired) electrons. The Kier molecular flexibility index (Phi) is 4.07. The lowest BCUT2D eigenvalue weighted by Crippen LogP contribution is -1.95. The molecule has 0 amide bonds. The Balaban J connectivity index is 0.000000810. The first-order valence-electron chi connectivity index (χ1n) is 2.81. The molecule has 2 nitrogen and oxygen atoms in total. The molecule has 0 bridgehead atoms. The molecule has 0 aliphatic carbocycles. The first-order valence-corrected chi connectivity index (χ1v) is 2.81. The van der Waals surface area contributed by atoms with Gasteiger partial charge in [0.05, 0.1) is 0 Å². The van der Waals surface area contributed by atoms with Gasteiger partial charge in [0.15, 0.2) is 0 Å². The number of aromatic hydroxyl groups is 1. The topological polar surface area (TPSA) is 46.2 Å². The van der Waals surface area contributed by atoms with E-state index >= 15 is 0 Å². The van der Waals surface area contributed by atoms with Gasteiger partial charge in [-0.2, -0.15) is 0 Å². The van der Waals surface area contributed by atoms with Crippen LogP contribution in [0.2, 0.25) is 0 Å². The monoisotopic (exact) mass is 203 g/mol. The van der Waals surface area contributed by atoms with Crippen LogP contribution in [0.4, 0.5) is 0 Å². The van der Waals surface area contributed by atoms with Crippen LogP contribution in [0, 0.1) is 0 Å². The van der Waals surface area contributed by atoms with E-state index in [1.165, 1.54) is 0 Å². The first-order chi connectivity index (χ1) is 4.34. The average Bonchev–Trinajstić information content (AvgIpc) is 1.89. The van der Waals surface area contributed by atoms with Crippen molar-refractivity contribution in [3.63, 3.8) is 0 Å². The van der Waals surface area contributed by atoms with E-state index in [0.29, 0.717) is 6.54 Å². The highest BCUT2D eigenvalue weighted by Crippen LogP contribution is 2.13. The molecule has 1 rings (SSSR count). The molecular formula is C7H10BrNO. The SMILES string of the molecule is Br.NCc1ccccc1O. The maximum absolute atomic E-state index is 9.03. The van der Waals surface area contributed by atoms with Crippen molar-refractivity contribution in [3.05, 3.63) is 29.8 Å². The van der Waals surface area contributed by atoms with Gasteiger partial charge in [0.2, 0.25) is 0 Å². The number of hydrogen-bond acceptors (Lipinski definition) is 2. The van der Waals surface area contributed by atoms with E-state index in [1.54, 1.807) is 18.2 Å². The maximum Gasteiger partial charge on any atom is 0.120 e. The molecule has 0 fully saturated rings. The summed E-state index contributed by atoms with van der Waals surface area (Å²) in [6.45, 7) is 0.396. The highest BCUT2D eigenvalue weighted by atomic mass is 79.9. The van der Waals surface area contributed by atoms with Gasteiger partial charge in [0.1, 0.15) is 5.75 Å². The minimum absolute atomic E-state index is 0. The molecule has 0 saturated carbocycles. The van der Waals surface area contributed by atoms with E-state index in [-0.39, 0.29) is 22.7 Å². The van der Waals surface area contributed by atoms with Crippen molar-refractivity contribution in [1.82, 2.24) is 0 Å². The molecule has 0 heterocycles. The number of phenolic OH excluding ortho intramolecular Hbond substituents is 1. The standard InChI is InChI=1S/C7H9NO.BrH/c8-5-6-3-1-2-4-7(6)9;/h1-4,9H,5,8H2;1H. The van der Waals surface area contributed by atoms with Crippen molar-refractivity contribution >= 4 is 17.0 Å². The molecule has 0 unspecified atom stereocenters. The molecule has 0 saturated heterocycles. The quantitative estimate of drug-likeness (QED) is 0.726. The van der Waals surface area contributed by atoms with E-state index in [0.717, 1.165) is 5.56 Å². The van der Waals surface area contributed by atoms with Gasteiger partial charge in [0, 0.05) is 12.1 Å². The summed E-state index contributed by atoms with van der Waals surface area (Å²) in [4.78, 5) is 0. The van der Waals surface area contributed by atoms with Crippen molar-refractivity contribution in [3.8, 4) is 5.75 Å². The molecule has 0 spiro atoms. The molecule has 0 aliphatic rings.